The lowest BCUT2D eigenvalue weighted by Crippen LogP contribution is -2.15. The topological polar surface area (TPSA) is 96.1 Å². The first-order chi connectivity index (χ1) is 10.1. The minimum Gasteiger partial charge on any atom is -0.495 e. The van der Waals surface area contributed by atoms with E-state index in [4.69, 9.17) is 4.74 Å². The Balaban J connectivity index is 2.29. The van der Waals surface area contributed by atoms with Gasteiger partial charge < -0.3 is 10.1 Å². The van der Waals surface area contributed by atoms with Crippen LogP contribution in [0.2, 0.25) is 0 Å². The molecule has 0 fully saturated rings. The Kier molecular flexibility index (Phi) is 4.81. The van der Waals surface area contributed by atoms with Crippen LogP contribution in [0.3, 0.4) is 0 Å². The molecule has 2 rings (SSSR count). The number of aromatic amines is 1. The van der Waals surface area contributed by atoms with E-state index in [1.54, 1.807) is 12.1 Å². The summed E-state index contributed by atoms with van der Waals surface area (Å²) in [7, 11) is -2.27. The van der Waals surface area contributed by atoms with Crippen molar-refractivity contribution in [3.05, 3.63) is 36.2 Å². The van der Waals surface area contributed by atoms with Crippen LogP contribution in [-0.4, -0.2) is 32.3 Å². The monoisotopic (exact) mass is 310 g/mol. The zero-order chi connectivity index (χ0) is 15.3. The van der Waals surface area contributed by atoms with Crippen molar-refractivity contribution in [1.82, 2.24) is 15.5 Å². The average Bonchev–Trinajstić information content (AvgIpc) is 2.96. The second-order valence-electron chi connectivity index (χ2n) is 4.36. The number of ether oxygens (including phenoxy) is 1. The third-order valence-electron chi connectivity index (χ3n) is 2.85. The lowest BCUT2D eigenvalue weighted by Gasteiger charge is -2.12. The third-order valence-corrected chi connectivity index (χ3v) is 4.27. The molecule has 0 radical (unpaired) electrons. The number of anilines is 1. The van der Waals surface area contributed by atoms with Crippen LogP contribution in [-0.2, 0) is 16.6 Å². The van der Waals surface area contributed by atoms with Gasteiger partial charge in [-0.3, -0.25) is 9.82 Å². The second kappa shape index (κ2) is 6.59. The van der Waals surface area contributed by atoms with E-state index in [1.165, 1.54) is 25.6 Å². The highest BCUT2D eigenvalue weighted by Crippen LogP contribution is 2.26. The van der Waals surface area contributed by atoms with Crippen LogP contribution in [0.4, 0.5) is 5.69 Å². The molecule has 7 nitrogen and oxygen atoms in total. The first-order valence-corrected chi connectivity index (χ1v) is 7.94. The minimum absolute atomic E-state index is 0.0893. The fourth-order valence-corrected chi connectivity index (χ4v) is 3.02. The fourth-order valence-electron chi connectivity index (χ4n) is 1.83. The number of nitrogens with one attached hydrogen (secondary N) is 3. The van der Waals surface area contributed by atoms with Crippen molar-refractivity contribution in [2.24, 2.45) is 0 Å². The van der Waals surface area contributed by atoms with E-state index in [2.05, 4.69) is 20.2 Å². The Bertz CT molecular complexity index is 683. The van der Waals surface area contributed by atoms with Crippen LogP contribution in [0, 0.1) is 0 Å². The summed E-state index contributed by atoms with van der Waals surface area (Å²) in [5.74, 6) is 0.307. The standard InChI is InChI=1S/C13H18N4O3S/c1-3-14-7-10-4-5-13(12(6-10)20-2)21(18,19)17-11-8-15-16-9-11/h4-6,8-9,14,17H,3,7H2,1-2H3,(H,15,16). The van der Waals surface area contributed by atoms with Crippen LogP contribution in [0.15, 0.2) is 35.5 Å². The number of H-pyrrole nitrogens is 1. The molecule has 0 aliphatic carbocycles. The van der Waals surface area contributed by atoms with E-state index in [9.17, 15) is 8.42 Å². The summed E-state index contributed by atoms with van der Waals surface area (Å²) in [6.07, 6.45) is 2.85. The molecule has 0 spiro atoms. The van der Waals surface area contributed by atoms with Crippen LogP contribution in [0.1, 0.15) is 12.5 Å². The number of benzene rings is 1. The van der Waals surface area contributed by atoms with Crippen molar-refractivity contribution < 1.29 is 13.2 Å². The predicted octanol–water partition coefficient (Wildman–Crippen LogP) is 1.33. The normalized spacial score (nSPS) is 11.3. The number of hydrogen-bond donors (Lipinski definition) is 3. The molecule has 1 heterocycles. The van der Waals surface area contributed by atoms with Gasteiger partial charge in [-0.05, 0) is 24.2 Å². The Morgan fingerprint density at radius 1 is 1.38 bits per heavy atom. The SMILES string of the molecule is CCNCc1ccc(S(=O)(=O)Nc2cn[nH]c2)c(OC)c1. The fraction of sp³-hybridized carbons (Fsp3) is 0.308. The molecule has 8 heteroatoms. The highest BCUT2D eigenvalue weighted by Gasteiger charge is 2.20. The number of sulfonamides is 1. The highest BCUT2D eigenvalue weighted by molar-refractivity contribution is 7.92. The maximum absolute atomic E-state index is 12.4. The van der Waals surface area contributed by atoms with Crippen molar-refractivity contribution in [1.29, 1.82) is 0 Å². The first kappa shape index (κ1) is 15.3. The van der Waals surface area contributed by atoms with Crippen molar-refractivity contribution in [3.63, 3.8) is 0 Å². The predicted molar refractivity (Wildman–Crippen MR) is 79.8 cm³/mol. The summed E-state index contributed by atoms with van der Waals surface area (Å²) >= 11 is 0. The molecular weight excluding hydrogens is 292 g/mol. The molecule has 0 amide bonds. The van der Waals surface area contributed by atoms with Gasteiger partial charge in [-0.25, -0.2) is 8.42 Å². The van der Waals surface area contributed by atoms with Crippen molar-refractivity contribution in [2.45, 2.75) is 18.4 Å². The maximum Gasteiger partial charge on any atom is 0.265 e. The van der Waals surface area contributed by atoms with Gasteiger partial charge in [-0.1, -0.05) is 13.0 Å². The molecule has 0 aliphatic rings. The molecule has 0 saturated heterocycles. The van der Waals surface area contributed by atoms with Crippen molar-refractivity contribution in [3.8, 4) is 5.75 Å². The van der Waals surface area contributed by atoms with Crippen LogP contribution < -0.4 is 14.8 Å². The zero-order valence-electron chi connectivity index (χ0n) is 11.9. The number of aromatic nitrogens is 2. The molecule has 3 N–H and O–H groups in total. The quantitative estimate of drug-likeness (QED) is 0.717. The Morgan fingerprint density at radius 2 is 2.19 bits per heavy atom. The van der Waals surface area contributed by atoms with Gasteiger partial charge in [0.1, 0.15) is 10.6 Å². The first-order valence-electron chi connectivity index (χ1n) is 6.46. The van der Waals surface area contributed by atoms with E-state index in [0.29, 0.717) is 18.0 Å². The summed E-state index contributed by atoms with van der Waals surface area (Å²) in [5, 5.41) is 9.42. The lowest BCUT2D eigenvalue weighted by molar-refractivity contribution is 0.402. The smallest absolute Gasteiger partial charge is 0.265 e. The molecule has 0 atom stereocenters. The minimum atomic E-state index is -3.72. The Hall–Kier alpha value is -2.06. The molecule has 0 bridgehead atoms. The van der Waals surface area contributed by atoms with E-state index >= 15 is 0 Å². The van der Waals surface area contributed by atoms with Gasteiger partial charge in [0.2, 0.25) is 0 Å². The number of methoxy groups -OCH3 is 1. The van der Waals surface area contributed by atoms with E-state index in [-0.39, 0.29) is 4.90 Å². The average molecular weight is 310 g/mol. The largest absolute Gasteiger partial charge is 0.495 e. The molecule has 2 aromatic rings. The molecule has 1 aromatic carbocycles. The van der Waals surface area contributed by atoms with Gasteiger partial charge in [0.15, 0.2) is 0 Å². The lowest BCUT2D eigenvalue weighted by atomic mass is 10.2. The molecule has 0 saturated carbocycles. The molecule has 21 heavy (non-hydrogen) atoms. The molecular formula is C13H18N4O3S. The number of hydrogen-bond acceptors (Lipinski definition) is 5. The van der Waals surface area contributed by atoms with Gasteiger partial charge in [-0.2, -0.15) is 5.10 Å². The van der Waals surface area contributed by atoms with Gasteiger partial charge in [0.25, 0.3) is 10.0 Å². The van der Waals surface area contributed by atoms with E-state index in [1.807, 2.05) is 6.92 Å². The second-order valence-corrected chi connectivity index (χ2v) is 6.01. The van der Waals surface area contributed by atoms with Crippen molar-refractivity contribution >= 4 is 15.7 Å². The van der Waals surface area contributed by atoms with Crippen LogP contribution >= 0.6 is 0 Å². The van der Waals surface area contributed by atoms with Gasteiger partial charge in [0, 0.05) is 12.7 Å². The summed E-state index contributed by atoms with van der Waals surface area (Å²) < 4.78 is 32.3. The summed E-state index contributed by atoms with van der Waals surface area (Å²) in [5.41, 5.74) is 1.32. The van der Waals surface area contributed by atoms with E-state index < -0.39 is 10.0 Å². The maximum atomic E-state index is 12.4. The molecule has 0 aliphatic heterocycles. The zero-order valence-corrected chi connectivity index (χ0v) is 12.7. The van der Waals surface area contributed by atoms with Crippen molar-refractivity contribution in [2.75, 3.05) is 18.4 Å². The molecule has 1 aromatic heterocycles. The Labute approximate surface area is 123 Å². The molecule has 0 unspecified atom stereocenters. The third kappa shape index (κ3) is 3.73. The van der Waals surface area contributed by atoms with Crippen LogP contribution in [0.5, 0.6) is 5.75 Å². The van der Waals surface area contributed by atoms with Gasteiger partial charge >= 0.3 is 0 Å². The summed E-state index contributed by atoms with van der Waals surface area (Å²) in [6, 6.07) is 5.01. The van der Waals surface area contributed by atoms with Crippen LogP contribution in [0.25, 0.3) is 0 Å². The summed E-state index contributed by atoms with van der Waals surface area (Å²) in [4.78, 5) is 0.0893. The highest BCUT2D eigenvalue weighted by atomic mass is 32.2. The molecule has 114 valence electrons. The van der Waals surface area contributed by atoms with Gasteiger partial charge in [-0.15, -0.1) is 0 Å². The summed E-state index contributed by atoms with van der Waals surface area (Å²) in [6.45, 7) is 3.50. The Morgan fingerprint density at radius 3 is 2.81 bits per heavy atom. The number of rotatable bonds is 7. The van der Waals surface area contributed by atoms with E-state index in [0.717, 1.165) is 12.1 Å². The van der Waals surface area contributed by atoms with Gasteiger partial charge in [0.05, 0.1) is 19.0 Å². The number of nitrogens with zero attached hydrogens (tertiary/aromatic N) is 1.